The van der Waals surface area contributed by atoms with E-state index in [1.807, 2.05) is 39.0 Å². The second kappa shape index (κ2) is 8.51. The average molecular weight is 352 g/mol. The summed E-state index contributed by atoms with van der Waals surface area (Å²) in [6.45, 7) is 5.86. The first-order valence-electron chi connectivity index (χ1n) is 8.47. The van der Waals surface area contributed by atoms with Crippen LogP contribution in [0.25, 0.3) is 0 Å². The molecule has 1 aliphatic rings. The molecule has 1 heterocycles. The molecule has 4 unspecified atom stereocenters. The van der Waals surface area contributed by atoms with Crippen molar-refractivity contribution >= 4 is 5.97 Å². The molecular weight excluding hydrogens is 324 g/mol. The third-order valence-electron chi connectivity index (χ3n) is 4.46. The second-order valence-electron chi connectivity index (χ2n) is 6.56. The molecule has 0 aliphatic carbocycles. The Morgan fingerprint density at radius 1 is 1.24 bits per heavy atom. The lowest BCUT2D eigenvalue weighted by Crippen LogP contribution is -2.33. The zero-order valence-corrected chi connectivity index (χ0v) is 15.4. The molecule has 4 atom stereocenters. The Morgan fingerprint density at radius 2 is 1.96 bits per heavy atom. The van der Waals surface area contributed by atoms with Crippen LogP contribution in [-0.2, 0) is 9.53 Å². The van der Waals surface area contributed by atoms with Gasteiger partial charge in [0.2, 0.25) is 0 Å². The number of rotatable bonds is 7. The molecule has 0 radical (unpaired) electrons. The van der Waals surface area contributed by atoms with E-state index < -0.39 is 6.23 Å². The van der Waals surface area contributed by atoms with Crippen LogP contribution in [-0.4, -0.2) is 43.7 Å². The minimum absolute atomic E-state index is 0.0118. The van der Waals surface area contributed by atoms with Gasteiger partial charge in [0.15, 0.2) is 11.5 Å². The van der Waals surface area contributed by atoms with Gasteiger partial charge in [-0.3, -0.25) is 10.2 Å². The number of carbonyl (C=O) groups is 1. The number of hydrazine groups is 1. The van der Waals surface area contributed by atoms with Crippen molar-refractivity contribution in [1.29, 1.82) is 0 Å². The van der Waals surface area contributed by atoms with Crippen LogP contribution in [0.3, 0.4) is 0 Å². The number of esters is 1. The van der Waals surface area contributed by atoms with Crippen LogP contribution in [0, 0.1) is 5.92 Å². The van der Waals surface area contributed by atoms with E-state index in [-0.39, 0.29) is 36.4 Å². The lowest BCUT2D eigenvalue weighted by Gasteiger charge is -2.28. The molecule has 0 aromatic heterocycles. The molecule has 1 aromatic rings. The molecule has 0 saturated carbocycles. The summed E-state index contributed by atoms with van der Waals surface area (Å²) in [5.41, 5.74) is 6.73. The summed E-state index contributed by atoms with van der Waals surface area (Å²) in [5, 5.41) is 10.3. The summed E-state index contributed by atoms with van der Waals surface area (Å²) >= 11 is 0. The Kier molecular flexibility index (Phi) is 6.64. The Balaban J connectivity index is 2.37. The van der Waals surface area contributed by atoms with Gasteiger partial charge in [0.05, 0.1) is 26.7 Å². The van der Waals surface area contributed by atoms with Crippen LogP contribution in [0.5, 0.6) is 11.5 Å². The van der Waals surface area contributed by atoms with E-state index in [1.165, 1.54) is 7.11 Å². The van der Waals surface area contributed by atoms with Crippen molar-refractivity contribution in [3.05, 3.63) is 23.8 Å². The third kappa shape index (κ3) is 4.62. The van der Waals surface area contributed by atoms with E-state index >= 15 is 0 Å². The lowest BCUT2D eigenvalue weighted by atomic mass is 9.79. The monoisotopic (exact) mass is 352 g/mol. The normalized spacial score (nSPS) is 24.2. The van der Waals surface area contributed by atoms with Crippen molar-refractivity contribution in [3.63, 3.8) is 0 Å². The molecule has 7 nitrogen and oxygen atoms in total. The SMILES string of the molecule is COC(=O)CC(c1ccc(OC(C)C)c(OC)c1)C1C(C)NNC1O. The van der Waals surface area contributed by atoms with Crippen LogP contribution in [0.2, 0.25) is 0 Å². The van der Waals surface area contributed by atoms with E-state index in [9.17, 15) is 9.90 Å². The standard InChI is InChI=1S/C18H28N2O5/c1-10(2)25-14-7-6-12(8-15(14)23-4)13(9-16(21)24-5)17-11(3)19-20-18(17)22/h6-8,10-11,13,17-20,22H,9H2,1-5H3. The fourth-order valence-corrected chi connectivity index (χ4v) is 3.26. The fourth-order valence-electron chi connectivity index (χ4n) is 3.26. The Hall–Kier alpha value is -1.83. The van der Waals surface area contributed by atoms with Crippen molar-refractivity contribution in [2.45, 2.75) is 51.5 Å². The number of nitrogens with one attached hydrogen (secondary N) is 2. The molecule has 3 N–H and O–H groups in total. The van der Waals surface area contributed by atoms with Crippen molar-refractivity contribution < 1.29 is 24.1 Å². The van der Waals surface area contributed by atoms with Crippen LogP contribution in [0.1, 0.15) is 38.7 Å². The Morgan fingerprint density at radius 3 is 2.48 bits per heavy atom. The van der Waals surface area contributed by atoms with Gasteiger partial charge < -0.3 is 19.3 Å². The molecule has 1 fully saturated rings. The van der Waals surface area contributed by atoms with Crippen LogP contribution < -0.4 is 20.3 Å². The van der Waals surface area contributed by atoms with Gasteiger partial charge in [-0.1, -0.05) is 6.07 Å². The molecule has 140 valence electrons. The smallest absolute Gasteiger partial charge is 0.306 e. The average Bonchev–Trinajstić information content (AvgIpc) is 2.91. The third-order valence-corrected chi connectivity index (χ3v) is 4.46. The van der Waals surface area contributed by atoms with Crippen LogP contribution in [0.15, 0.2) is 18.2 Å². The van der Waals surface area contributed by atoms with Crippen molar-refractivity contribution in [2.24, 2.45) is 5.92 Å². The fraction of sp³-hybridized carbons (Fsp3) is 0.611. The summed E-state index contributed by atoms with van der Waals surface area (Å²) < 4.78 is 16.0. The van der Waals surface area contributed by atoms with Gasteiger partial charge in [0.25, 0.3) is 0 Å². The predicted octanol–water partition coefficient (Wildman–Crippen LogP) is 1.56. The maximum Gasteiger partial charge on any atom is 0.306 e. The highest BCUT2D eigenvalue weighted by Crippen LogP contribution is 2.38. The van der Waals surface area contributed by atoms with E-state index in [4.69, 9.17) is 14.2 Å². The summed E-state index contributed by atoms with van der Waals surface area (Å²) in [6, 6.07) is 5.60. The van der Waals surface area contributed by atoms with Gasteiger partial charge in [-0.25, -0.2) is 5.43 Å². The van der Waals surface area contributed by atoms with Gasteiger partial charge in [-0.15, -0.1) is 0 Å². The van der Waals surface area contributed by atoms with Crippen molar-refractivity contribution in [3.8, 4) is 11.5 Å². The van der Waals surface area contributed by atoms with Gasteiger partial charge in [-0.2, -0.15) is 0 Å². The number of aliphatic hydroxyl groups is 1. The topological polar surface area (TPSA) is 89.1 Å². The van der Waals surface area contributed by atoms with E-state index in [1.54, 1.807) is 7.11 Å². The zero-order chi connectivity index (χ0) is 18.6. The quantitative estimate of drug-likeness (QED) is 0.642. The molecule has 1 saturated heterocycles. The number of carbonyl (C=O) groups excluding carboxylic acids is 1. The number of methoxy groups -OCH3 is 2. The highest BCUT2D eigenvalue weighted by Gasteiger charge is 2.40. The molecule has 25 heavy (non-hydrogen) atoms. The van der Waals surface area contributed by atoms with Crippen molar-refractivity contribution in [2.75, 3.05) is 14.2 Å². The summed E-state index contributed by atoms with van der Waals surface area (Å²) in [4.78, 5) is 11.9. The summed E-state index contributed by atoms with van der Waals surface area (Å²) in [7, 11) is 2.95. The molecule has 0 amide bonds. The molecule has 2 rings (SSSR count). The van der Waals surface area contributed by atoms with Gasteiger partial charge >= 0.3 is 5.97 Å². The minimum Gasteiger partial charge on any atom is -0.493 e. The first-order valence-corrected chi connectivity index (χ1v) is 8.47. The molecular formula is C18H28N2O5. The highest BCUT2D eigenvalue weighted by molar-refractivity contribution is 5.70. The summed E-state index contributed by atoms with van der Waals surface area (Å²) in [5.74, 6) is 0.497. The molecule has 1 aliphatic heterocycles. The largest absolute Gasteiger partial charge is 0.493 e. The number of ether oxygens (including phenoxy) is 3. The van der Waals surface area contributed by atoms with E-state index in [0.29, 0.717) is 11.5 Å². The highest BCUT2D eigenvalue weighted by atomic mass is 16.5. The van der Waals surface area contributed by atoms with Gasteiger partial charge in [0, 0.05) is 17.9 Å². The zero-order valence-electron chi connectivity index (χ0n) is 15.4. The second-order valence-corrected chi connectivity index (χ2v) is 6.56. The Labute approximate surface area is 148 Å². The minimum atomic E-state index is -0.762. The number of benzene rings is 1. The maximum atomic E-state index is 11.9. The molecule has 0 spiro atoms. The first kappa shape index (κ1) is 19.5. The molecule has 7 heteroatoms. The maximum absolute atomic E-state index is 11.9. The van der Waals surface area contributed by atoms with Crippen LogP contribution >= 0.6 is 0 Å². The molecule has 1 aromatic carbocycles. The van der Waals surface area contributed by atoms with Crippen LogP contribution in [0.4, 0.5) is 0 Å². The number of aliphatic hydroxyl groups excluding tert-OH is 1. The van der Waals surface area contributed by atoms with E-state index in [0.717, 1.165) is 5.56 Å². The Bertz CT molecular complexity index is 583. The van der Waals surface area contributed by atoms with Gasteiger partial charge in [0.1, 0.15) is 6.23 Å². The number of hydrogen-bond acceptors (Lipinski definition) is 7. The predicted molar refractivity (Wildman–Crippen MR) is 93.4 cm³/mol. The lowest BCUT2D eigenvalue weighted by molar-refractivity contribution is -0.141. The van der Waals surface area contributed by atoms with Gasteiger partial charge in [-0.05, 0) is 38.5 Å². The summed E-state index contributed by atoms with van der Waals surface area (Å²) in [6.07, 6.45) is -0.572. The van der Waals surface area contributed by atoms with E-state index in [2.05, 4.69) is 10.9 Å². The first-order chi connectivity index (χ1) is 11.9. The number of hydrogen-bond donors (Lipinski definition) is 3. The van der Waals surface area contributed by atoms with Crippen molar-refractivity contribution in [1.82, 2.24) is 10.9 Å². The molecule has 0 bridgehead atoms.